The van der Waals surface area contributed by atoms with Crippen molar-refractivity contribution in [3.63, 3.8) is 0 Å². The number of hydrazine groups is 1. The molecule has 1 amide bonds. The van der Waals surface area contributed by atoms with Gasteiger partial charge in [-0.05, 0) is 18.2 Å². The monoisotopic (exact) mass is 283 g/mol. The fraction of sp³-hybridized carbons (Fsp3) is 0.0667. The molecule has 3 N–H and O–H groups in total. The summed E-state index contributed by atoms with van der Waals surface area (Å²) in [7, 11) is 0. The lowest BCUT2D eigenvalue weighted by Gasteiger charge is -2.05. The lowest BCUT2D eigenvalue weighted by Crippen LogP contribution is -2.30. The minimum atomic E-state index is -0.490. The van der Waals surface area contributed by atoms with Gasteiger partial charge in [0.1, 0.15) is 17.9 Å². The van der Waals surface area contributed by atoms with Crippen molar-refractivity contribution in [2.75, 3.05) is 0 Å². The molecule has 1 aromatic carbocycles. The van der Waals surface area contributed by atoms with Gasteiger partial charge in [0.05, 0.1) is 6.20 Å². The molecule has 0 radical (unpaired) electrons. The topological polar surface area (TPSA) is 90.4 Å². The first-order chi connectivity index (χ1) is 10.3. The highest BCUT2D eigenvalue weighted by Gasteiger charge is 2.20. The molecule has 0 unspecified atom stereocenters. The van der Waals surface area contributed by atoms with Crippen molar-refractivity contribution in [1.29, 1.82) is 0 Å². The number of fused-ring (bicyclic) bond motifs is 1. The van der Waals surface area contributed by atoms with E-state index in [2.05, 4.69) is 10.4 Å². The number of nitrogens with one attached hydrogen (secondary N) is 1. The average Bonchev–Trinajstić information content (AvgIpc) is 2.92. The molecule has 0 fully saturated rings. The van der Waals surface area contributed by atoms with Crippen LogP contribution in [0.1, 0.15) is 16.1 Å². The number of amides is 1. The summed E-state index contributed by atoms with van der Waals surface area (Å²) in [4.78, 5) is 15.8. The molecule has 0 spiro atoms. The number of rotatable bonds is 4. The van der Waals surface area contributed by atoms with E-state index in [4.69, 9.17) is 15.0 Å². The normalized spacial score (nSPS) is 10.5. The fourth-order valence-electron chi connectivity index (χ4n) is 2.08. The second kappa shape index (κ2) is 5.64. The molecule has 106 valence electrons. The van der Waals surface area contributed by atoms with Crippen molar-refractivity contribution in [3.8, 4) is 5.75 Å². The fourth-order valence-corrected chi connectivity index (χ4v) is 2.08. The molecule has 3 aromatic rings. The van der Waals surface area contributed by atoms with Crippen LogP contribution in [0.5, 0.6) is 5.75 Å². The van der Waals surface area contributed by atoms with Gasteiger partial charge in [0.2, 0.25) is 5.76 Å². The van der Waals surface area contributed by atoms with Crippen LogP contribution in [0.3, 0.4) is 0 Å². The number of aromatic nitrogens is 1. The number of nitrogens with zero attached hydrogens (tertiary/aromatic N) is 1. The summed E-state index contributed by atoms with van der Waals surface area (Å²) in [6, 6.07) is 10.9. The SMILES string of the molecule is NNC(=O)c1oc2ccccc2c1COc1cccnc1. The van der Waals surface area contributed by atoms with Crippen LogP contribution in [0.2, 0.25) is 0 Å². The van der Waals surface area contributed by atoms with Crippen LogP contribution >= 0.6 is 0 Å². The zero-order valence-electron chi connectivity index (χ0n) is 11.1. The summed E-state index contributed by atoms with van der Waals surface area (Å²) in [6.45, 7) is 0.186. The molecule has 0 aliphatic heterocycles. The largest absolute Gasteiger partial charge is 0.487 e. The van der Waals surface area contributed by atoms with Crippen LogP contribution in [-0.2, 0) is 6.61 Å². The Kier molecular flexibility index (Phi) is 3.53. The molecule has 0 aliphatic rings. The molecular formula is C15H13N3O3. The summed E-state index contributed by atoms with van der Waals surface area (Å²) >= 11 is 0. The van der Waals surface area contributed by atoms with Gasteiger partial charge in [-0.1, -0.05) is 18.2 Å². The highest BCUT2D eigenvalue weighted by atomic mass is 16.5. The highest BCUT2D eigenvalue weighted by molar-refractivity contribution is 5.98. The average molecular weight is 283 g/mol. The van der Waals surface area contributed by atoms with Crippen molar-refractivity contribution in [3.05, 3.63) is 60.1 Å². The number of hydrogen-bond acceptors (Lipinski definition) is 5. The zero-order chi connectivity index (χ0) is 14.7. The van der Waals surface area contributed by atoms with Gasteiger partial charge < -0.3 is 9.15 Å². The predicted octanol–water partition coefficient (Wildman–Crippen LogP) is 2.01. The van der Waals surface area contributed by atoms with Crippen LogP contribution in [0.25, 0.3) is 11.0 Å². The van der Waals surface area contributed by atoms with Gasteiger partial charge in [0, 0.05) is 17.1 Å². The Bertz CT molecular complexity index is 768. The van der Waals surface area contributed by atoms with Crippen molar-refractivity contribution in [1.82, 2.24) is 10.4 Å². The third-order valence-corrected chi connectivity index (χ3v) is 3.05. The molecule has 0 atom stereocenters. The van der Waals surface area contributed by atoms with E-state index in [-0.39, 0.29) is 12.4 Å². The standard InChI is InChI=1S/C15H13N3O3/c16-18-15(19)14-12(9-20-10-4-3-7-17-8-10)11-5-1-2-6-13(11)21-14/h1-8H,9,16H2,(H,18,19). The number of nitrogen functional groups attached to an aromatic ring is 1. The number of nitrogens with two attached hydrogens (primary N) is 1. The summed E-state index contributed by atoms with van der Waals surface area (Å²) in [5, 5.41) is 0.819. The molecule has 3 rings (SSSR count). The minimum Gasteiger partial charge on any atom is -0.487 e. The van der Waals surface area contributed by atoms with E-state index >= 15 is 0 Å². The van der Waals surface area contributed by atoms with E-state index in [0.717, 1.165) is 5.39 Å². The minimum absolute atomic E-state index is 0.155. The van der Waals surface area contributed by atoms with E-state index in [1.54, 1.807) is 30.6 Å². The number of furan rings is 1. The molecule has 2 heterocycles. The molecule has 0 saturated heterocycles. The number of benzene rings is 1. The molecular weight excluding hydrogens is 270 g/mol. The number of hydrogen-bond donors (Lipinski definition) is 2. The van der Waals surface area contributed by atoms with E-state index in [0.29, 0.717) is 16.9 Å². The van der Waals surface area contributed by atoms with Crippen LogP contribution in [-0.4, -0.2) is 10.9 Å². The van der Waals surface area contributed by atoms with Gasteiger partial charge in [-0.2, -0.15) is 0 Å². The van der Waals surface area contributed by atoms with Crippen LogP contribution < -0.4 is 16.0 Å². The van der Waals surface area contributed by atoms with E-state index < -0.39 is 5.91 Å². The first-order valence-corrected chi connectivity index (χ1v) is 6.34. The van der Waals surface area contributed by atoms with Crippen molar-refractivity contribution >= 4 is 16.9 Å². The van der Waals surface area contributed by atoms with Gasteiger partial charge in [0.25, 0.3) is 0 Å². The lowest BCUT2D eigenvalue weighted by molar-refractivity contribution is 0.0924. The maximum absolute atomic E-state index is 11.8. The third-order valence-electron chi connectivity index (χ3n) is 3.05. The van der Waals surface area contributed by atoms with Crippen LogP contribution in [0.15, 0.2) is 53.2 Å². The van der Waals surface area contributed by atoms with Gasteiger partial charge in [-0.15, -0.1) is 0 Å². The first kappa shape index (κ1) is 13.1. The van der Waals surface area contributed by atoms with E-state index in [1.165, 1.54) is 0 Å². The Morgan fingerprint density at radius 3 is 2.90 bits per heavy atom. The van der Waals surface area contributed by atoms with E-state index in [9.17, 15) is 4.79 Å². The Morgan fingerprint density at radius 2 is 2.14 bits per heavy atom. The highest BCUT2D eigenvalue weighted by Crippen LogP contribution is 2.27. The molecule has 0 saturated carbocycles. The smallest absolute Gasteiger partial charge is 0.301 e. The predicted molar refractivity (Wildman–Crippen MR) is 76.4 cm³/mol. The van der Waals surface area contributed by atoms with E-state index in [1.807, 2.05) is 18.2 Å². The number of ether oxygens (including phenoxy) is 1. The number of carbonyl (C=O) groups excluding carboxylic acids is 1. The quantitative estimate of drug-likeness (QED) is 0.434. The van der Waals surface area contributed by atoms with Crippen molar-refractivity contribution in [2.45, 2.75) is 6.61 Å². The molecule has 2 aromatic heterocycles. The molecule has 0 aliphatic carbocycles. The maximum Gasteiger partial charge on any atom is 0.301 e. The number of carbonyl (C=O) groups is 1. The second-order valence-electron chi connectivity index (χ2n) is 4.36. The first-order valence-electron chi connectivity index (χ1n) is 6.34. The van der Waals surface area contributed by atoms with Gasteiger partial charge in [0.15, 0.2) is 0 Å². The molecule has 6 heteroatoms. The number of pyridine rings is 1. The Hall–Kier alpha value is -2.86. The summed E-state index contributed by atoms with van der Waals surface area (Å²) < 4.78 is 11.2. The van der Waals surface area contributed by atoms with Gasteiger partial charge >= 0.3 is 5.91 Å². The Labute approximate surface area is 120 Å². The van der Waals surface area contributed by atoms with Gasteiger partial charge in [-0.25, -0.2) is 5.84 Å². The number of para-hydroxylation sites is 1. The van der Waals surface area contributed by atoms with Gasteiger partial charge in [-0.3, -0.25) is 15.2 Å². The molecule has 0 bridgehead atoms. The maximum atomic E-state index is 11.8. The summed E-state index contributed by atoms with van der Waals surface area (Å²) in [5.74, 6) is 5.47. The van der Waals surface area contributed by atoms with Crippen molar-refractivity contribution < 1.29 is 13.9 Å². The summed E-state index contributed by atoms with van der Waals surface area (Å²) in [5.41, 5.74) is 3.34. The third kappa shape index (κ3) is 2.56. The molecule has 21 heavy (non-hydrogen) atoms. The Morgan fingerprint density at radius 1 is 1.29 bits per heavy atom. The van der Waals surface area contributed by atoms with Crippen LogP contribution in [0.4, 0.5) is 0 Å². The lowest BCUT2D eigenvalue weighted by atomic mass is 10.1. The Balaban J connectivity index is 1.97. The van der Waals surface area contributed by atoms with Crippen LogP contribution in [0, 0.1) is 0 Å². The zero-order valence-corrected chi connectivity index (χ0v) is 11.1. The second-order valence-corrected chi connectivity index (χ2v) is 4.36. The van der Waals surface area contributed by atoms with Crippen molar-refractivity contribution in [2.24, 2.45) is 5.84 Å². The summed E-state index contributed by atoms with van der Waals surface area (Å²) in [6.07, 6.45) is 3.26. The molecule has 6 nitrogen and oxygen atoms in total.